The number of rotatable bonds is 2. The molecule has 2 fully saturated rings. The lowest BCUT2D eigenvalue weighted by atomic mass is 10.0. The van der Waals surface area contributed by atoms with Crippen molar-refractivity contribution in [3.63, 3.8) is 0 Å². The fourth-order valence-corrected chi connectivity index (χ4v) is 4.24. The Kier molecular flexibility index (Phi) is 3.00. The standard InChI is InChI=1S/C16H19N3S/c1-18-7-13-9-19(10-14(13)8-18)15-2-3-16(17-6-15)12-4-5-20-11-12/h2-6,11,13-14H,7-10H2,1H3. The van der Waals surface area contributed by atoms with Crippen LogP contribution in [0.25, 0.3) is 11.3 Å². The fraction of sp³-hybridized carbons (Fsp3) is 0.438. The summed E-state index contributed by atoms with van der Waals surface area (Å²) in [6.45, 7) is 4.88. The van der Waals surface area contributed by atoms with E-state index in [9.17, 15) is 0 Å². The Hall–Kier alpha value is -1.39. The third-order valence-electron chi connectivity index (χ3n) is 4.60. The smallest absolute Gasteiger partial charge is 0.0711 e. The number of anilines is 1. The summed E-state index contributed by atoms with van der Waals surface area (Å²) in [6.07, 6.45) is 2.04. The van der Waals surface area contributed by atoms with Gasteiger partial charge < -0.3 is 9.80 Å². The number of nitrogens with zero attached hydrogens (tertiary/aromatic N) is 3. The van der Waals surface area contributed by atoms with Crippen LogP contribution in [0.2, 0.25) is 0 Å². The molecule has 104 valence electrons. The van der Waals surface area contributed by atoms with Gasteiger partial charge in [-0.2, -0.15) is 11.3 Å². The second kappa shape index (κ2) is 4.86. The third kappa shape index (κ3) is 2.13. The molecule has 4 heteroatoms. The molecular weight excluding hydrogens is 266 g/mol. The van der Waals surface area contributed by atoms with E-state index in [-0.39, 0.29) is 0 Å². The Labute approximate surface area is 123 Å². The molecule has 0 saturated carbocycles. The van der Waals surface area contributed by atoms with E-state index < -0.39 is 0 Å². The predicted octanol–water partition coefficient (Wildman–Crippen LogP) is 2.81. The average molecular weight is 285 g/mol. The second-order valence-corrected chi connectivity index (χ2v) is 6.84. The molecule has 0 radical (unpaired) electrons. The Morgan fingerprint density at radius 3 is 2.50 bits per heavy atom. The van der Waals surface area contributed by atoms with Crippen molar-refractivity contribution in [1.82, 2.24) is 9.88 Å². The maximum atomic E-state index is 4.63. The van der Waals surface area contributed by atoms with E-state index in [2.05, 4.69) is 50.8 Å². The molecule has 2 aromatic heterocycles. The molecule has 0 N–H and O–H groups in total. The van der Waals surface area contributed by atoms with Gasteiger partial charge in [-0.05, 0) is 42.5 Å². The van der Waals surface area contributed by atoms with E-state index in [1.807, 2.05) is 6.20 Å². The highest BCUT2D eigenvalue weighted by molar-refractivity contribution is 7.08. The molecule has 2 aliphatic heterocycles. The summed E-state index contributed by atoms with van der Waals surface area (Å²) in [5.74, 6) is 1.69. The quantitative estimate of drug-likeness (QED) is 0.846. The van der Waals surface area contributed by atoms with Crippen LogP contribution in [0, 0.1) is 11.8 Å². The lowest BCUT2D eigenvalue weighted by Crippen LogP contribution is -2.26. The Morgan fingerprint density at radius 1 is 1.10 bits per heavy atom. The van der Waals surface area contributed by atoms with Crippen molar-refractivity contribution in [2.75, 3.05) is 38.1 Å². The van der Waals surface area contributed by atoms with Gasteiger partial charge in [0.05, 0.1) is 17.6 Å². The van der Waals surface area contributed by atoms with Crippen LogP contribution in [0.5, 0.6) is 0 Å². The minimum atomic E-state index is 0.844. The van der Waals surface area contributed by atoms with E-state index in [1.54, 1.807) is 11.3 Å². The van der Waals surface area contributed by atoms with E-state index in [0.29, 0.717) is 0 Å². The first-order valence-electron chi connectivity index (χ1n) is 7.22. The molecule has 0 aliphatic carbocycles. The number of thiophene rings is 1. The molecule has 0 spiro atoms. The number of fused-ring (bicyclic) bond motifs is 1. The molecule has 2 saturated heterocycles. The molecule has 2 aromatic rings. The Balaban J connectivity index is 1.50. The molecule has 0 aromatic carbocycles. The van der Waals surface area contributed by atoms with Crippen molar-refractivity contribution in [2.45, 2.75) is 0 Å². The van der Waals surface area contributed by atoms with Gasteiger partial charge >= 0.3 is 0 Å². The van der Waals surface area contributed by atoms with Crippen LogP contribution in [0.4, 0.5) is 5.69 Å². The van der Waals surface area contributed by atoms with Crippen LogP contribution in [0.3, 0.4) is 0 Å². The molecular formula is C16H19N3S. The molecule has 2 atom stereocenters. The second-order valence-electron chi connectivity index (χ2n) is 6.06. The van der Waals surface area contributed by atoms with E-state index in [0.717, 1.165) is 17.5 Å². The van der Waals surface area contributed by atoms with Gasteiger partial charge in [-0.15, -0.1) is 0 Å². The van der Waals surface area contributed by atoms with Crippen LogP contribution in [-0.4, -0.2) is 43.1 Å². The summed E-state index contributed by atoms with van der Waals surface area (Å²) < 4.78 is 0. The monoisotopic (exact) mass is 285 g/mol. The van der Waals surface area contributed by atoms with Gasteiger partial charge in [0.2, 0.25) is 0 Å². The highest BCUT2D eigenvalue weighted by Gasteiger charge is 2.38. The minimum Gasteiger partial charge on any atom is -0.370 e. The topological polar surface area (TPSA) is 19.4 Å². The van der Waals surface area contributed by atoms with Crippen LogP contribution >= 0.6 is 11.3 Å². The zero-order valence-corrected chi connectivity index (χ0v) is 12.5. The van der Waals surface area contributed by atoms with Gasteiger partial charge in [-0.25, -0.2) is 0 Å². The van der Waals surface area contributed by atoms with Gasteiger partial charge in [-0.1, -0.05) is 0 Å². The number of aromatic nitrogens is 1. The number of pyridine rings is 1. The number of hydrogen-bond acceptors (Lipinski definition) is 4. The summed E-state index contributed by atoms with van der Waals surface area (Å²) >= 11 is 1.72. The summed E-state index contributed by atoms with van der Waals surface area (Å²) in [5, 5.41) is 4.25. The maximum absolute atomic E-state index is 4.63. The Morgan fingerprint density at radius 2 is 1.90 bits per heavy atom. The molecule has 4 heterocycles. The van der Waals surface area contributed by atoms with Gasteiger partial charge in [0, 0.05) is 37.1 Å². The normalized spacial score (nSPS) is 26.1. The van der Waals surface area contributed by atoms with Gasteiger partial charge in [-0.3, -0.25) is 4.98 Å². The van der Waals surface area contributed by atoms with Crippen molar-refractivity contribution < 1.29 is 0 Å². The summed E-state index contributed by atoms with van der Waals surface area (Å²) in [7, 11) is 2.24. The first-order chi connectivity index (χ1) is 9.79. The summed E-state index contributed by atoms with van der Waals surface area (Å²) in [6, 6.07) is 6.51. The van der Waals surface area contributed by atoms with Crippen molar-refractivity contribution in [2.24, 2.45) is 11.8 Å². The first-order valence-corrected chi connectivity index (χ1v) is 8.16. The molecule has 2 unspecified atom stereocenters. The number of hydrogen-bond donors (Lipinski definition) is 0. The molecule has 3 nitrogen and oxygen atoms in total. The van der Waals surface area contributed by atoms with Crippen molar-refractivity contribution in [1.29, 1.82) is 0 Å². The molecule has 0 bridgehead atoms. The van der Waals surface area contributed by atoms with Crippen LogP contribution in [0.1, 0.15) is 0 Å². The molecule has 2 aliphatic rings. The van der Waals surface area contributed by atoms with Crippen molar-refractivity contribution in [3.05, 3.63) is 35.2 Å². The van der Waals surface area contributed by atoms with Crippen LogP contribution in [0.15, 0.2) is 35.2 Å². The minimum absolute atomic E-state index is 0.844. The lowest BCUT2D eigenvalue weighted by molar-refractivity contribution is 0.387. The largest absolute Gasteiger partial charge is 0.370 e. The van der Waals surface area contributed by atoms with E-state index >= 15 is 0 Å². The van der Waals surface area contributed by atoms with Crippen LogP contribution in [-0.2, 0) is 0 Å². The maximum Gasteiger partial charge on any atom is 0.0711 e. The highest BCUT2D eigenvalue weighted by atomic mass is 32.1. The van der Waals surface area contributed by atoms with Crippen molar-refractivity contribution in [3.8, 4) is 11.3 Å². The van der Waals surface area contributed by atoms with Crippen molar-refractivity contribution >= 4 is 17.0 Å². The highest BCUT2D eigenvalue weighted by Crippen LogP contribution is 2.33. The predicted molar refractivity (Wildman–Crippen MR) is 84.2 cm³/mol. The summed E-state index contributed by atoms with van der Waals surface area (Å²) in [4.78, 5) is 9.60. The zero-order chi connectivity index (χ0) is 13.5. The van der Waals surface area contributed by atoms with Gasteiger partial charge in [0.25, 0.3) is 0 Å². The fourth-order valence-electron chi connectivity index (χ4n) is 3.59. The SMILES string of the molecule is CN1CC2CN(c3ccc(-c4ccsc4)nc3)CC2C1. The summed E-state index contributed by atoms with van der Waals surface area (Å²) in [5.41, 5.74) is 3.58. The molecule has 20 heavy (non-hydrogen) atoms. The first kappa shape index (κ1) is 12.4. The average Bonchev–Trinajstić information content (AvgIpc) is 3.13. The van der Waals surface area contributed by atoms with Gasteiger partial charge in [0.15, 0.2) is 0 Å². The van der Waals surface area contributed by atoms with E-state index in [1.165, 1.54) is 37.4 Å². The third-order valence-corrected chi connectivity index (χ3v) is 5.28. The zero-order valence-electron chi connectivity index (χ0n) is 11.7. The van der Waals surface area contributed by atoms with E-state index in [4.69, 9.17) is 0 Å². The molecule has 0 amide bonds. The number of likely N-dealkylation sites (tertiary alicyclic amines) is 1. The van der Waals surface area contributed by atoms with Gasteiger partial charge in [0.1, 0.15) is 0 Å². The Bertz CT molecular complexity index is 564. The van der Waals surface area contributed by atoms with Crippen LogP contribution < -0.4 is 4.90 Å². The lowest BCUT2D eigenvalue weighted by Gasteiger charge is -2.21. The molecule has 4 rings (SSSR count).